The molecule has 8 heteroatoms. The van der Waals surface area contributed by atoms with Crippen molar-refractivity contribution >= 4 is 7.82 Å². The molecule has 0 heterocycles. The van der Waals surface area contributed by atoms with E-state index in [1.807, 2.05) is 27.2 Å². The summed E-state index contributed by atoms with van der Waals surface area (Å²) in [5.41, 5.74) is 0. The normalized spacial score (nSPS) is 15.0. The maximum absolute atomic E-state index is 11.8. The van der Waals surface area contributed by atoms with Gasteiger partial charge in [0.2, 0.25) is 0 Å². The summed E-state index contributed by atoms with van der Waals surface area (Å²) in [6, 6.07) is 0. The van der Waals surface area contributed by atoms with Crippen molar-refractivity contribution in [2.45, 2.75) is 109 Å². The molecule has 7 nitrogen and oxygen atoms in total. The van der Waals surface area contributed by atoms with Gasteiger partial charge in [-0.15, -0.1) is 0 Å². The van der Waals surface area contributed by atoms with Gasteiger partial charge in [-0.2, -0.15) is 0 Å². The molecule has 0 aliphatic rings. The molecule has 2 N–H and O–H groups in total. The molecule has 0 aliphatic carbocycles. The number of hydrogen-bond acceptors (Lipinski definition) is 5. The number of aliphatic hydroxyl groups excluding tert-OH is 1. The first-order valence-corrected chi connectivity index (χ1v) is 15.0. The van der Waals surface area contributed by atoms with E-state index in [0.717, 1.165) is 12.8 Å². The lowest BCUT2D eigenvalue weighted by molar-refractivity contribution is -0.870. The second-order valence-electron chi connectivity index (χ2n) is 10.4. The number of unbranched alkanes of at least 4 members (excludes halogenated alkanes) is 14. The van der Waals surface area contributed by atoms with Crippen LogP contribution < -0.4 is 0 Å². The van der Waals surface area contributed by atoms with E-state index >= 15 is 0 Å². The lowest BCUT2D eigenvalue weighted by Gasteiger charge is -2.24. The summed E-state index contributed by atoms with van der Waals surface area (Å²) in [5, 5.41) is 9.83. The van der Waals surface area contributed by atoms with Crippen molar-refractivity contribution in [1.82, 2.24) is 0 Å². The molecule has 0 fully saturated rings. The number of phosphoric ester groups is 1. The topological polar surface area (TPSA) is 85.2 Å². The Morgan fingerprint density at radius 3 is 1.79 bits per heavy atom. The number of allylic oxidation sites excluding steroid dienone is 1. The van der Waals surface area contributed by atoms with Crippen molar-refractivity contribution in [3.8, 4) is 0 Å². The summed E-state index contributed by atoms with van der Waals surface area (Å²) in [6.07, 6.45) is 22.4. The van der Waals surface area contributed by atoms with E-state index in [4.69, 9.17) is 13.8 Å². The van der Waals surface area contributed by atoms with E-state index in [0.29, 0.717) is 11.0 Å². The standard InChI is InChI=1S/C26H54NO6P/c1-5-6-7-8-9-10-11-12-13-14-15-16-17-18-19-20-22-31-24-26(28)25-33-34(29,30)32-23-21-27(2,3)4/h20,22,26,28H,5-19,21,23-25H2,1-4H3/p+1/b22-20+/t26-/m1/s1. The smallest absolute Gasteiger partial charge is 0.472 e. The zero-order valence-corrected chi connectivity index (χ0v) is 23.5. The Kier molecular flexibility index (Phi) is 21.5. The quantitative estimate of drug-likeness (QED) is 0.0626. The van der Waals surface area contributed by atoms with Crippen LogP contribution in [0.2, 0.25) is 0 Å². The van der Waals surface area contributed by atoms with Gasteiger partial charge in [-0.3, -0.25) is 9.05 Å². The minimum absolute atomic E-state index is 0.00806. The number of nitrogens with zero attached hydrogens (tertiary/aromatic N) is 1. The van der Waals surface area contributed by atoms with Gasteiger partial charge in [0, 0.05) is 0 Å². The predicted octanol–water partition coefficient (Wildman–Crippen LogP) is 6.59. The minimum Gasteiger partial charge on any atom is -0.499 e. The lowest BCUT2D eigenvalue weighted by atomic mass is 10.0. The Morgan fingerprint density at radius 2 is 1.29 bits per heavy atom. The molecular weight excluding hydrogens is 453 g/mol. The highest BCUT2D eigenvalue weighted by Crippen LogP contribution is 2.43. The van der Waals surface area contributed by atoms with Crippen molar-refractivity contribution in [1.29, 1.82) is 0 Å². The molecule has 1 unspecified atom stereocenters. The fourth-order valence-electron chi connectivity index (χ4n) is 3.46. The van der Waals surface area contributed by atoms with Gasteiger partial charge < -0.3 is 19.2 Å². The minimum atomic E-state index is -4.15. The Hall–Kier alpha value is -0.430. The second-order valence-corrected chi connectivity index (χ2v) is 11.8. The third kappa shape index (κ3) is 26.2. The average Bonchev–Trinajstić information content (AvgIpc) is 2.76. The fourth-order valence-corrected chi connectivity index (χ4v) is 4.20. The highest BCUT2D eigenvalue weighted by molar-refractivity contribution is 7.47. The molecule has 0 aromatic heterocycles. The second kappa shape index (κ2) is 21.8. The Morgan fingerprint density at radius 1 is 0.794 bits per heavy atom. The number of quaternary nitrogens is 1. The molecule has 0 amide bonds. The van der Waals surface area contributed by atoms with Crippen LogP contribution in [-0.2, 0) is 18.3 Å². The molecule has 0 bridgehead atoms. The van der Waals surface area contributed by atoms with Crippen LogP contribution in [0.3, 0.4) is 0 Å². The number of aliphatic hydroxyl groups is 1. The fraction of sp³-hybridized carbons (Fsp3) is 0.923. The first-order chi connectivity index (χ1) is 16.2. The maximum atomic E-state index is 11.8. The summed E-state index contributed by atoms with van der Waals surface area (Å²) in [5.74, 6) is 0. The molecule has 2 atom stereocenters. The van der Waals surface area contributed by atoms with Crippen LogP contribution >= 0.6 is 7.82 Å². The van der Waals surface area contributed by atoms with Crippen molar-refractivity contribution < 1.29 is 32.8 Å². The van der Waals surface area contributed by atoms with Crippen LogP contribution in [0.5, 0.6) is 0 Å². The lowest BCUT2D eigenvalue weighted by Crippen LogP contribution is -2.37. The van der Waals surface area contributed by atoms with Crippen molar-refractivity contribution in [2.24, 2.45) is 0 Å². The number of ether oxygens (including phenoxy) is 1. The van der Waals surface area contributed by atoms with Gasteiger partial charge in [-0.05, 0) is 18.9 Å². The summed E-state index contributed by atoms with van der Waals surface area (Å²) in [6.45, 7) is 2.64. The van der Waals surface area contributed by atoms with Gasteiger partial charge in [-0.25, -0.2) is 4.57 Å². The zero-order valence-electron chi connectivity index (χ0n) is 22.6. The van der Waals surface area contributed by atoms with E-state index in [1.54, 1.807) is 6.26 Å². The van der Waals surface area contributed by atoms with Crippen molar-refractivity contribution in [3.63, 3.8) is 0 Å². The Balaban J connectivity index is 3.46. The molecule has 0 aliphatic heterocycles. The van der Waals surface area contributed by atoms with E-state index < -0.39 is 13.9 Å². The Bertz CT molecular complexity index is 524. The molecule has 0 aromatic rings. The Labute approximate surface area is 210 Å². The summed E-state index contributed by atoms with van der Waals surface area (Å²) in [7, 11) is 1.72. The number of likely N-dealkylation sites (N-methyl/N-ethyl adjacent to an activating group) is 1. The van der Waals surface area contributed by atoms with Gasteiger partial charge in [0.25, 0.3) is 0 Å². The van der Waals surface area contributed by atoms with Gasteiger partial charge in [-0.1, -0.05) is 90.4 Å². The highest BCUT2D eigenvalue weighted by Gasteiger charge is 2.24. The van der Waals surface area contributed by atoms with Crippen LogP contribution in [0.15, 0.2) is 12.3 Å². The van der Waals surface area contributed by atoms with Crippen molar-refractivity contribution in [2.75, 3.05) is 47.5 Å². The first-order valence-electron chi connectivity index (χ1n) is 13.5. The van der Waals surface area contributed by atoms with Gasteiger partial charge in [0.1, 0.15) is 25.9 Å². The van der Waals surface area contributed by atoms with Crippen molar-refractivity contribution in [3.05, 3.63) is 12.3 Å². The molecule has 204 valence electrons. The van der Waals surface area contributed by atoms with E-state index in [-0.39, 0.29) is 19.8 Å². The van der Waals surface area contributed by atoms with Gasteiger partial charge in [0.05, 0.1) is 34.0 Å². The summed E-state index contributed by atoms with van der Waals surface area (Å²) < 4.78 is 27.4. The third-order valence-corrected chi connectivity index (χ3v) is 6.64. The van der Waals surface area contributed by atoms with Crippen LogP contribution in [0.25, 0.3) is 0 Å². The maximum Gasteiger partial charge on any atom is 0.472 e. The highest BCUT2D eigenvalue weighted by atomic mass is 31.2. The third-order valence-electron chi connectivity index (χ3n) is 5.65. The van der Waals surface area contributed by atoms with Gasteiger partial charge >= 0.3 is 7.82 Å². The predicted molar refractivity (Wildman–Crippen MR) is 141 cm³/mol. The monoisotopic (exact) mass is 508 g/mol. The van der Waals surface area contributed by atoms with E-state index in [1.165, 1.54) is 83.5 Å². The molecule has 0 spiro atoms. The van der Waals surface area contributed by atoms with Crippen LogP contribution in [-0.4, -0.2) is 68.1 Å². The number of phosphoric acid groups is 1. The number of hydrogen-bond donors (Lipinski definition) is 2. The van der Waals surface area contributed by atoms with Crippen LogP contribution in [0.4, 0.5) is 0 Å². The van der Waals surface area contributed by atoms with Crippen LogP contribution in [0.1, 0.15) is 103 Å². The molecule has 0 rings (SSSR count). The molecular formula is C26H55NO6P+. The van der Waals surface area contributed by atoms with Gasteiger partial charge in [0.15, 0.2) is 0 Å². The zero-order chi connectivity index (χ0) is 25.5. The molecule has 0 saturated heterocycles. The number of rotatable bonds is 25. The molecule has 0 aromatic carbocycles. The van der Waals surface area contributed by atoms with E-state index in [2.05, 4.69) is 6.92 Å². The van der Waals surface area contributed by atoms with E-state index in [9.17, 15) is 14.6 Å². The average molecular weight is 509 g/mol. The van der Waals surface area contributed by atoms with Crippen LogP contribution in [0, 0.1) is 0 Å². The molecule has 34 heavy (non-hydrogen) atoms. The largest absolute Gasteiger partial charge is 0.499 e. The summed E-state index contributed by atoms with van der Waals surface area (Å²) in [4.78, 5) is 9.63. The molecule has 0 radical (unpaired) electrons. The first kappa shape index (κ1) is 33.6. The summed E-state index contributed by atoms with van der Waals surface area (Å²) >= 11 is 0. The molecule has 0 saturated carbocycles. The SMILES string of the molecule is CCCCCCCCCCCCCCCC/C=C/OC[C@@H](O)COP(=O)(O)OCC[N+](C)(C)C.